The molecule has 0 saturated carbocycles. The number of furan rings is 1. The summed E-state index contributed by atoms with van der Waals surface area (Å²) in [5.41, 5.74) is 5.50. The van der Waals surface area contributed by atoms with E-state index in [1.54, 1.807) is 12.2 Å². The van der Waals surface area contributed by atoms with Crippen molar-refractivity contribution in [3.63, 3.8) is 0 Å². The highest BCUT2D eigenvalue weighted by molar-refractivity contribution is 5.91. The number of carbonyl (C=O) groups is 2. The average Bonchev–Trinajstić information content (AvgIpc) is 3.21. The summed E-state index contributed by atoms with van der Waals surface area (Å²) in [6.45, 7) is 4.24. The van der Waals surface area contributed by atoms with Crippen LogP contribution in [0.2, 0.25) is 0 Å². The Kier molecular flexibility index (Phi) is 5.04. The normalized spacial score (nSPS) is 23.2. The molecule has 2 aliphatic heterocycles. The highest BCUT2D eigenvalue weighted by Gasteiger charge is 2.36. The molecule has 2 fully saturated rings. The Hall–Kier alpha value is -2.08. The van der Waals surface area contributed by atoms with Crippen LogP contribution >= 0.6 is 0 Å². The van der Waals surface area contributed by atoms with Crippen molar-refractivity contribution < 1.29 is 14.0 Å². The lowest BCUT2D eigenvalue weighted by Gasteiger charge is -2.38. The number of primary amides is 1. The van der Waals surface area contributed by atoms with Crippen LogP contribution in [-0.4, -0.2) is 53.3 Å². The molecule has 0 aromatic carbocycles. The van der Waals surface area contributed by atoms with Crippen LogP contribution in [-0.2, 0) is 9.59 Å². The molecule has 0 spiro atoms. The van der Waals surface area contributed by atoms with Gasteiger partial charge in [-0.3, -0.25) is 14.5 Å². The van der Waals surface area contributed by atoms with Crippen LogP contribution in [0.1, 0.15) is 37.2 Å². The molecule has 6 heteroatoms. The Morgan fingerprint density at radius 2 is 1.96 bits per heavy atom. The number of nitrogens with two attached hydrogens (primary N) is 1. The fourth-order valence-electron chi connectivity index (χ4n) is 3.75. The van der Waals surface area contributed by atoms with Crippen LogP contribution in [0.3, 0.4) is 0 Å². The van der Waals surface area contributed by atoms with Crippen molar-refractivity contribution >= 4 is 17.9 Å². The Bertz CT molecular complexity index is 629. The van der Waals surface area contributed by atoms with Crippen LogP contribution in [0.4, 0.5) is 0 Å². The fourth-order valence-corrected chi connectivity index (χ4v) is 3.75. The van der Waals surface area contributed by atoms with Crippen LogP contribution in [0.15, 0.2) is 22.6 Å². The molecule has 2 amide bonds. The Morgan fingerprint density at radius 1 is 1.21 bits per heavy atom. The first-order valence-corrected chi connectivity index (χ1v) is 8.63. The van der Waals surface area contributed by atoms with E-state index in [-0.39, 0.29) is 17.9 Å². The van der Waals surface area contributed by atoms with Crippen molar-refractivity contribution in [1.29, 1.82) is 0 Å². The number of piperidine rings is 1. The minimum Gasteiger partial charge on any atom is -0.462 e. The zero-order chi connectivity index (χ0) is 17.1. The van der Waals surface area contributed by atoms with Gasteiger partial charge in [0.1, 0.15) is 11.5 Å². The van der Waals surface area contributed by atoms with E-state index >= 15 is 0 Å². The van der Waals surface area contributed by atoms with E-state index in [1.807, 2.05) is 24.0 Å². The maximum atomic E-state index is 12.3. The quantitative estimate of drug-likeness (QED) is 0.849. The van der Waals surface area contributed by atoms with Gasteiger partial charge >= 0.3 is 0 Å². The predicted octanol–water partition coefficient (Wildman–Crippen LogP) is 1.54. The van der Waals surface area contributed by atoms with E-state index in [0.717, 1.165) is 38.0 Å². The zero-order valence-electron chi connectivity index (χ0n) is 14.1. The lowest BCUT2D eigenvalue weighted by Crippen LogP contribution is -2.51. The highest BCUT2D eigenvalue weighted by atomic mass is 16.3. The van der Waals surface area contributed by atoms with Gasteiger partial charge in [-0.25, -0.2) is 0 Å². The van der Waals surface area contributed by atoms with Gasteiger partial charge in [-0.15, -0.1) is 0 Å². The second-order valence-corrected chi connectivity index (χ2v) is 6.64. The van der Waals surface area contributed by atoms with E-state index in [9.17, 15) is 9.59 Å². The first kappa shape index (κ1) is 16.8. The molecular weight excluding hydrogens is 306 g/mol. The van der Waals surface area contributed by atoms with Crippen molar-refractivity contribution in [2.75, 3.05) is 19.6 Å². The number of aryl methyl sites for hydroxylation is 1. The van der Waals surface area contributed by atoms with Crippen LogP contribution in [0, 0.1) is 6.92 Å². The molecular formula is C18H25N3O3. The molecule has 2 N–H and O–H groups in total. The number of likely N-dealkylation sites (tertiary alicyclic amines) is 2. The van der Waals surface area contributed by atoms with Crippen LogP contribution in [0.25, 0.3) is 6.08 Å². The van der Waals surface area contributed by atoms with Crippen molar-refractivity contribution in [2.24, 2.45) is 5.73 Å². The molecule has 0 bridgehead atoms. The molecule has 2 saturated heterocycles. The largest absolute Gasteiger partial charge is 0.462 e. The molecule has 3 rings (SSSR count). The van der Waals surface area contributed by atoms with Crippen molar-refractivity contribution in [1.82, 2.24) is 9.80 Å². The molecule has 6 nitrogen and oxygen atoms in total. The Balaban J connectivity index is 1.52. The van der Waals surface area contributed by atoms with Gasteiger partial charge in [0.15, 0.2) is 0 Å². The summed E-state index contributed by atoms with van der Waals surface area (Å²) < 4.78 is 5.43. The van der Waals surface area contributed by atoms with Crippen molar-refractivity contribution in [3.8, 4) is 0 Å². The number of hydrogen-bond acceptors (Lipinski definition) is 4. The summed E-state index contributed by atoms with van der Waals surface area (Å²) in [5, 5.41) is 0. The van der Waals surface area contributed by atoms with E-state index in [1.165, 1.54) is 0 Å². The summed E-state index contributed by atoms with van der Waals surface area (Å²) in [6, 6.07) is 3.95. The number of nitrogens with zero attached hydrogens (tertiary/aromatic N) is 2. The molecule has 0 radical (unpaired) electrons. The Morgan fingerprint density at radius 3 is 2.58 bits per heavy atom. The van der Waals surface area contributed by atoms with Gasteiger partial charge < -0.3 is 15.1 Å². The topological polar surface area (TPSA) is 79.8 Å². The first-order valence-electron chi connectivity index (χ1n) is 8.63. The minimum atomic E-state index is -0.220. The summed E-state index contributed by atoms with van der Waals surface area (Å²) >= 11 is 0. The second kappa shape index (κ2) is 7.21. The lowest BCUT2D eigenvalue weighted by atomic mass is 10.0. The zero-order valence-corrected chi connectivity index (χ0v) is 14.1. The smallest absolute Gasteiger partial charge is 0.246 e. The van der Waals surface area contributed by atoms with Gasteiger partial charge in [0, 0.05) is 25.2 Å². The van der Waals surface area contributed by atoms with Crippen molar-refractivity contribution in [2.45, 2.75) is 44.7 Å². The molecule has 2 aliphatic rings. The van der Waals surface area contributed by atoms with Gasteiger partial charge in [0.25, 0.3) is 0 Å². The first-order chi connectivity index (χ1) is 11.5. The molecule has 0 aliphatic carbocycles. The van der Waals surface area contributed by atoms with E-state index in [2.05, 4.69) is 4.90 Å². The number of hydrogen-bond donors (Lipinski definition) is 1. The van der Waals surface area contributed by atoms with Gasteiger partial charge in [-0.1, -0.05) is 0 Å². The molecule has 3 heterocycles. The van der Waals surface area contributed by atoms with E-state index in [4.69, 9.17) is 10.2 Å². The summed E-state index contributed by atoms with van der Waals surface area (Å²) in [6.07, 6.45) is 6.95. The van der Waals surface area contributed by atoms with Gasteiger partial charge in [-0.05, 0) is 57.4 Å². The lowest BCUT2D eigenvalue weighted by molar-refractivity contribution is -0.129. The maximum absolute atomic E-state index is 12.3. The minimum absolute atomic E-state index is 0.00961. The summed E-state index contributed by atoms with van der Waals surface area (Å²) in [7, 11) is 0. The molecule has 130 valence electrons. The molecule has 1 aromatic rings. The number of rotatable bonds is 4. The summed E-state index contributed by atoms with van der Waals surface area (Å²) in [4.78, 5) is 27.9. The van der Waals surface area contributed by atoms with E-state index in [0.29, 0.717) is 24.9 Å². The molecule has 1 atom stereocenters. The third-order valence-corrected chi connectivity index (χ3v) is 5.02. The monoisotopic (exact) mass is 331 g/mol. The number of carbonyl (C=O) groups excluding carboxylic acids is 2. The summed E-state index contributed by atoms with van der Waals surface area (Å²) in [5.74, 6) is 1.31. The number of amides is 2. The van der Waals surface area contributed by atoms with Gasteiger partial charge in [0.05, 0.1) is 6.04 Å². The second-order valence-electron chi connectivity index (χ2n) is 6.64. The average molecular weight is 331 g/mol. The molecule has 1 aromatic heterocycles. The third-order valence-electron chi connectivity index (χ3n) is 5.02. The molecule has 24 heavy (non-hydrogen) atoms. The predicted molar refractivity (Wildman–Crippen MR) is 91.0 cm³/mol. The fraction of sp³-hybridized carbons (Fsp3) is 0.556. The van der Waals surface area contributed by atoms with Crippen molar-refractivity contribution in [3.05, 3.63) is 29.7 Å². The van der Waals surface area contributed by atoms with E-state index < -0.39 is 0 Å². The van der Waals surface area contributed by atoms with Gasteiger partial charge in [-0.2, -0.15) is 0 Å². The maximum Gasteiger partial charge on any atom is 0.246 e. The highest BCUT2D eigenvalue weighted by Crippen LogP contribution is 2.26. The SMILES string of the molecule is Cc1ccc(/C=C\C(=O)N2CCC(N3CCC[C@@H]3C(N)=O)CC2)o1. The van der Waals surface area contributed by atoms with Gasteiger partial charge in [0.2, 0.25) is 11.8 Å². The standard InChI is InChI=1S/C18H25N3O3/c1-13-4-5-15(24-13)6-7-17(22)20-11-8-14(9-12-20)21-10-2-3-16(21)18(19)23/h4-7,14,16H,2-3,8-12H2,1H3,(H2,19,23)/b7-6-/t16-/m1/s1. The third kappa shape index (κ3) is 3.70. The Labute approximate surface area is 142 Å². The van der Waals surface area contributed by atoms with Crippen LogP contribution < -0.4 is 5.73 Å². The van der Waals surface area contributed by atoms with Crippen LogP contribution in [0.5, 0.6) is 0 Å². The molecule has 0 unspecified atom stereocenters.